The summed E-state index contributed by atoms with van der Waals surface area (Å²) in [5, 5.41) is 2.72. The van der Waals surface area contributed by atoms with Gasteiger partial charge in [-0.25, -0.2) is 13.2 Å². The number of anilines is 1. The molecule has 3 aromatic rings. The molecule has 0 bridgehead atoms. The van der Waals surface area contributed by atoms with Crippen LogP contribution in [0.3, 0.4) is 0 Å². The molecule has 0 radical (unpaired) electrons. The molecule has 1 atom stereocenters. The fraction of sp³-hybridized carbons (Fsp3) is 0.120. The van der Waals surface area contributed by atoms with E-state index in [9.17, 15) is 18.0 Å². The molecule has 174 valence electrons. The Kier molecular flexibility index (Phi) is 8.03. The summed E-state index contributed by atoms with van der Waals surface area (Å²) in [7, 11) is -2.27. The van der Waals surface area contributed by atoms with Gasteiger partial charge in [-0.05, 0) is 48.5 Å². The van der Waals surface area contributed by atoms with Gasteiger partial charge in [0, 0.05) is 11.3 Å². The van der Waals surface area contributed by atoms with Crippen molar-refractivity contribution in [3.8, 4) is 18.1 Å². The van der Waals surface area contributed by atoms with Crippen LogP contribution in [0.2, 0.25) is 0 Å². The van der Waals surface area contributed by atoms with Crippen LogP contribution in [0.5, 0.6) is 5.75 Å². The third kappa shape index (κ3) is 6.22. The molecule has 2 N–H and O–H groups in total. The van der Waals surface area contributed by atoms with E-state index in [0.717, 1.165) is 0 Å². The van der Waals surface area contributed by atoms with Crippen molar-refractivity contribution < 1.29 is 27.5 Å². The molecule has 0 fully saturated rings. The predicted molar refractivity (Wildman–Crippen MR) is 127 cm³/mol. The summed E-state index contributed by atoms with van der Waals surface area (Å²) in [6, 6.07) is 20.4. The first kappa shape index (κ1) is 24.5. The molecule has 0 saturated carbocycles. The third-order valence-electron chi connectivity index (χ3n) is 4.69. The van der Waals surface area contributed by atoms with Gasteiger partial charge in [-0.3, -0.25) is 4.79 Å². The molecule has 0 aliphatic rings. The van der Waals surface area contributed by atoms with E-state index in [0.29, 0.717) is 17.0 Å². The van der Waals surface area contributed by atoms with Crippen LogP contribution in [-0.2, 0) is 19.6 Å². The summed E-state index contributed by atoms with van der Waals surface area (Å²) < 4.78 is 37.2. The van der Waals surface area contributed by atoms with Crippen molar-refractivity contribution in [1.82, 2.24) is 4.72 Å². The number of hydrogen-bond acceptors (Lipinski definition) is 6. The lowest BCUT2D eigenvalue weighted by molar-refractivity contribution is -0.125. The van der Waals surface area contributed by atoms with Gasteiger partial charge in [-0.15, -0.1) is 6.42 Å². The number of methoxy groups -OCH3 is 1. The second kappa shape index (κ2) is 11.1. The second-order valence-corrected chi connectivity index (χ2v) is 8.73. The standard InChI is InChI=1S/C25H22N2O6S/c1-3-17-26-34(30,31)22-15-9-19(10-16-22)25(29)33-23(18-7-5-4-6-8-18)24(28)27-20-11-13-21(32-2)14-12-20/h1,4-16,23,26H,17H2,2H3,(H,27,28). The van der Waals surface area contributed by atoms with Crippen LogP contribution >= 0.6 is 0 Å². The highest BCUT2D eigenvalue weighted by Gasteiger charge is 2.26. The maximum absolute atomic E-state index is 13.0. The van der Waals surface area contributed by atoms with E-state index in [4.69, 9.17) is 15.9 Å². The van der Waals surface area contributed by atoms with E-state index in [1.807, 2.05) is 0 Å². The highest BCUT2D eigenvalue weighted by Crippen LogP contribution is 2.23. The average molecular weight is 479 g/mol. The molecule has 3 rings (SSSR count). The lowest BCUT2D eigenvalue weighted by Gasteiger charge is -2.18. The van der Waals surface area contributed by atoms with Crippen LogP contribution in [-0.4, -0.2) is 33.9 Å². The number of terminal acetylenes is 1. The quantitative estimate of drug-likeness (QED) is 0.361. The van der Waals surface area contributed by atoms with Crippen molar-refractivity contribution in [2.45, 2.75) is 11.0 Å². The highest BCUT2D eigenvalue weighted by molar-refractivity contribution is 7.89. The van der Waals surface area contributed by atoms with E-state index in [1.165, 1.54) is 31.4 Å². The zero-order valence-corrected chi connectivity index (χ0v) is 19.0. The van der Waals surface area contributed by atoms with Gasteiger partial charge in [0.25, 0.3) is 5.91 Å². The van der Waals surface area contributed by atoms with Crippen LogP contribution in [0.15, 0.2) is 83.8 Å². The highest BCUT2D eigenvalue weighted by atomic mass is 32.2. The van der Waals surface area contributed by atoms with Gasteiger partial charge in [-0.1, -0.05) is 36.3 Å². The van der Waals surface area contributed by atoms with Gasteiger partial charge in [0.05, 0.1) is 24.1 Å². The Balaban J connectivity index is 1.79. The summed E-state index contributed by atoms with van der Waals surface area (Å²) >= 11 is 0. The van der Waals surface area contributed by atoms with Crippen LogP contribution < -0.4 is 14.8 Å². The number of hydrogen-bond donors (Lipinski definition) is 2. The van der Waals surface area contributed by atoms with Crippen LogP contribution in [0.1, 0.15) is 22.0 Å². The van der Waals surface area contributed by atoms with Crippen molar-refractivity contribution in [3.63, 3.8) is 0 Å². The summed E-state index contributed by atoms with van der Waals surface area (Å²) in [4.78, 5) is 25.7. The first-order valence-electron chi connectivity index (χ1n) is 10.1. The molecule has 8 nitrogen and oxygen atoms in total. The third-order valence-corrected chi connectivity index (χ3v) is 6.10. The maximum Gasteiger partial charge on any atom is 0.339 e. The first-order chi connectivity index (χ1) is 16.3. The average Bonchev–Trinajstić information content (AvgIpc) is 2.87. The van der Waals surface area contributed by atoms with Gasteiger partial charge in [0.15, 0.2) is 0 Å². The lowest BCUT2D eigenvalue weighted by atomic mass is 10.1. The Morgan fingerprint density at radius 2 is 1.62 bits per heavy atom. The Bertz CT molecular complexity index is 1280. The molecule has 0 aliphatic heterocycles. The lowest BCUT2D eigenvalue weighted by Crippen LogP contribution is -2.26. The van der Waals surface area contributed by atoms with Crippen molar-refractivity contribution >= 4 is 27.6 Å². The van der Waals surface area contributed by atoms with Crippen molar-refractivity contribution in [1.29, 1.82) is 0 Å². The van der Waals surface area contributed by atoms with Gasteiger partial charge >= 0.3 is 5.97 Å². The molecule has 34 heavy (non-hydrogen) atoms. The number of sulfonamides is 1. The SMILES string of the molecule is C#CCNS(=O)(=O)c1ccc(C(=O)OC(C(=O)Nc2ccc(OC)cc2)c2ccccc2)cc1. The van der Waals surface area contributed by atoms with Crippen LogP contribution in [0, 0.1) is 12.3 Å². The zero-order chi connectivity index (χ0) is 24.6. The molecule has 1 amide bonds. The largest absolute Gasteiger partial charge is 0.497 e. The number of amides is 1. The number of ether oxygens (including phenoxy) is 2. The van der Waals surface area contributed by atoms with Crippen LogP contribution in [0.25, 0.3) is 0 Å². The molecule has 0 saturated heterocycles. The number of benzene rings is 3. The molecule has 0 aromatic heterocycles. The molecule has 0 spiro atoms. The topological polar surface area (TPSA) is 111 Å². The number of carbonyl (C=O) groups is 2. The molecule has 1 unspecified atom stereocenters. The molecular formula is C25H22N2O6S. The zero-order valence-electron chi connectivity index (χ0n) is 18.2. The number of rotatable bonds is 9. The number of carbonyl (C=O) groups excluding carboxylic acids is 2. The van der Waals surface area contributed by atoms with Crippen molar-refractivity contribution in [2.75, 3.05) is 19.0 Å². The second-order valence-electron chi connectivity index (χ2n) is 6.97. The van der Waals surface area contributed by atoms with E-state index < -0.39 is 28.0 Å². The maximum atomic E-state index is 13.0. The number of esters is 1. The first-order valence-corrected chi connectivity index (χ1v) is 11.6. The predicted octanol–water partition coefficient (Wildman–Crippen LogP) is 3.14. The minimum absolute atomic E-state index is 0.0591. The normalized spacial score (nSPS) is 11.6. The minimum atomic E-state index is -3.80. The molecule has 9 heteroatoms. The molecule has 0 aliphatic carbocycles. The van der Waals surface area contributed by atoms with E-state index in [-0.39, 0.29) is 17.0 Å². The Morgan fingerprint density at radius 3 is 2.21 bits per heavy atom. The van der Waals surface area contributed by atoms with Gasteiger partial charge in [0.1, 0.15) is 5.75 Å². The summed E-state index contributed by atoms with van der Waals surface area (Å²) in [6.07, 6.45) is 3.84. The number of nitrogens with one attached hydrogen (secondary N) is 2. The Hall–Kier alpha value is -4.13. The molecule has 0 heterocycles. The van der Waals surface area contributed by atoms with E-state index in [1.54, 1.807) is 54.6 Å². The smallest absolute Gasteiger partial charge is 0.339 e. The van der Waals surface area contributed by atoms with Gasteiger partial charge in [0.2, 0.25) is 16.1 Å². The Morgan fingerprint density at radius 1 is 0.971 bits per heavy atom. The summed E-state index contributed by atoms with van der Waals surface area (Å²) in [5.41, 5.74) is 1.05. The van der Waals surface area contributed by atoms with Crippen LogP contribution in [0.4, 0.5) is 5.69 Å². The van der Waals surface area contributed by atoms with Crippen molar-refractivity contribution in [3.05, 3.63) is 90.0 Å². The van der Waals surface area contributed by atoms with E-state index >= 15 is 0 Å². The summed E-state index contributed by atoms with van der Waals surface area (Å²) in [5.74, 6) is 1.47. The monoisotopic (exact) mass is 478 g/mol. The van der Waals surface area contributed by atoms with Crippen molar-refractivity contribution in [2.24, 2.45) is 0 Å². The minimum Gasteiger partial charge on any atom is -0.497 e. The van der Waals surface area contributed by atoms with E-state index in [2.05, 4.69) is 16.0 Å². The molecule has 3 aromatic carbocycles. The van der Waals surface area contributed by atoms with Gasteiger partial charge < -0.3 is 14.8 Å². The molecular weight excluding hydrogens is 456 g/mol. The van der Waals surface area contributed by atoms with Gasteiger partial charge in [-0.2, -0.15) is 4.72 Å². The summed E-state index contributed by atoms with van der Waals surface area (Å²) in [6.45, 7) is -0.159. The Labute approximate surface area is 198 Å². The fourth-order valence-corrected chi connectivity index (χ4v) is 3.88. The fourth-order valence-electron chi connectivity index (χ4n) is 2.95.